The molecule has 5 heteroatoms. The molecule has 14 heavy (non-hydrogen) atoms. The van der Waals surface area contributed by atoms with Crippen molar-refractivity contribution in [2.45, 2.75) is 38.8 Å². The SMILES string of the molecule is CCC(O)c1cn(CCCCO)nn1. The van der Waals surface area contributed by atoms with Crippen molar-refractivity contribution in [2.24, 2.45) is 0 Å². The highest BCUT2D eigenvalue weighted by Gasteiger charge is 2.08. The van der Waals surface area contributed by atoms with Crippen LogP contribution in [0.4, 0.5) is 0 Å². The number of nitrogens with zero attached hydrogens (tertiary/aromatic N) is 3. The summed E-state index contributed by atoms with van der Waals surface area (Å²) in [5.74, 6) is 0. The molecule has 1 atom stereocenters. The van der Waals surface area contributed by atoms with E-state index in [1.807, 2.05) is 6.92 Å². The monoisotopic (exact) mass is 199 g/mol. The number of rotatable bonds is 6. The van der Waals surface area contributed by atoms with Crippen LogP contribution in [-0.2, 0) is 6.54 Å². The van der Waals surface area contributed by atoms with Gasteiger partial charge in [0.05, 0.1) is 12.3 Å². The van der Waals surface area contributed by atoms with E-state index in [0.29, 0.717) is 12.1 Å². The first-order chi connectivity index (χ1) is 6.77. The predicted molar refractivity (Wildman–Crippen MR) is 51.6 cm³/mol. The topological polar surface area (TPSA) is 71.2 Å². The molecule has 0 aliphatic heterocycles. The van der Waals surface area contributed by atoms with E-state index < -0.39 is 6.10 Å². The van der Waals surface area contributed by atoms with Gasteiger partial charge in [-0.05, 0) is 19.3 Å². The number of aliphatic hydroxyl groups excluding tert-OH is 2. The summed E-state index contributed by atoms with van der Waals surface area (Å²) in [7, 11) is 0. The first-order valence-electron chi connectivity index (χ1n) is 4.97. The Morgan fingerprint density at radius 2 is 2.29 bits per heavy atom. The second kappa shape index (κ2) is 5.72. The number of aryl methyl sites for hydroxylation is 1. The quantitative estimate of drug-likeness (QED) is 0.654. The third-order valence-corrected chi connectivity index (χ3v) is 2.08. The Morgan fingerprint density at radius 3 is 2.93 bits per heavy atom. The second-order valence-corrected chi connectivity index (χ2v) is 3.26. The first-order valence-corrected chi connectivity index (χ1v) is 4.97. The Kier molecular flexibility index (Phi) is 4.55. The van der Waals surface area contributed by atoms with Gasteiger partial charge in [0.25, 0.3) is 0 Å². The number of unbranched alkanes of at least 4 members (excludes halogenated alkanes) is 1. The molecule has 0 radical (unpaired) electrons. The summed E-state index contributed by atoms with van der Waals surface area (Å²) in [6, 6.07) is 0. The number of aromatic nitrogens is 3. The zero-order valence-corrected chi connectivity index (χ0v) is 8.43. The Balaban J connectivity index is 2.42. The maximum Gasteiger partial charge on any atom is 0.111 e. The van der Waals surface area contributed by atoms with Crippen LogP contribution in [0.3, 0.4) is 0 Å². The number of aliphatic hydroxyl groups is 2. The lowest BCUT2D eigenvalue weighted by Crippen LogP contribution is -1.99. The average Bonchev–Trinajstić information content (AvgIpc) is 2.66. The van der Waals surface area contributed by atoms with Crippen molar-refractivity contribution in [3.63, 3.8) is 0 Å². The average molecular weight is 199 g/mol. The standard InChI is InChI=1S/C9H17N3O2/c1-2-9(14)8-7-12(11-10-8)5-3-4-6-13/h7,9,13-14H,2-6H2,1H3. The minimum atomic E-state index is -0.512. The molecule has 0 saturated carbocycles. The van der Waals surface area contributed by atoms with Crippen LogP contribution in [0.2, 0.25) is 0 Å². The summed E-state index contributed by atoms with van der Waals surface area (Å²) >= 11 is 0. The lowest BCUT2D eigenvalue weighted by Gasteiger charge is -2.00. The fourth-order valence-corrected chi connectivity index (χ4v) is 1.17. The normalized spacial score (nSPS) is 13.1. The molecule has 1 aromatic rings. The molecule has 0 amide bonds. The molecule has 0 aromatic carbocycles. The molecule has 1 heterocycles. The van der Waals surface area contributed by atoms with E-state index in [1.54, 1.807) is 10.9 Å². The van der Waals surface area contributed by atoms with Crippen molar-refractivity contribution in [2.75, 3.05) is 6.61 Å². The van der Waals surface area contributed by atoms with Crippen LogP contribution in [0.1, 0.15) is 38.0 Å². The Labute approximate surface area is 83.4 Å². The Morgan fingerprint density at radius 1 is 1.50 bits per heavy atom. The molecule has 2 N–H and O–H groups in total. The van der Waals surface area contributed by atoms with Gasteiger partial charge in [-0.3, -0.25) is 4.68 Å². The van der Waals surface area contributed by atoms with Gasteiger partial charge in [0.1, 0.15) is 5.69 Å². The summed E-state index contributed by atoms with van der Waals surface area (Å²) in [4.78, 5) is 0. The van der Waals surface area contributed by atoms with Crippen LogP contribution in [0.25, 0.3) is 0 Å². The van der Waals surface area contributed by atoms with Crippen molar-refractivity contribution in [1.29, 1.82) is 0 Å². The summed E-state index contributed by atoms with van der Waals surface area (Å²) in [5.41, 5.74) is 0.622. The fourth-order valence-electron chi connectivity index (χ4n) is 1.17. The van der Waals surface area contributed by atoms with Gasteiger partial charge in [-0.25, -0.2) is 0 Å². The molecule has 0 aliphatic rings. The van der Waals surface area contributed by atoms with Gasteiger partial charge in [0.2, 0.25) is 0 Å². The minimum absolute atomic E-state index is 0.207. The zero-order chi connectivity index (χ0) is 10.4. The van der Waals surface area contributed by atoms with Crippen molar-refractivity contribution in [1.82, 2.24) is 15.0 Å². The lowest BCUT2D eigenvalue weighted by molar-refractivity contribution is 0.168. The summed E-state index contributed by atoms with van der Waals surface area (Å²) in [6.45, 7) is 2.85. The highest BCUT2D eigenvalue weighted by Crippen LogP contribution is 2.11. The maximum absolute atomic E-state index is 9.46. The van der Waals surface area contributed by atoms with Gasteiger partial charge in [0, 0.05) is 13.2 Å². The summed E-state index contributed by atoms with van der Waals surface area (Å²) in [5, 5.41) is 25.8. The molecule has 0 bridgehead atoms. The van der Waals surface area contributed by atoms with Crippen LogP contribution < -0.4 is 0 Å². The lowest BCUT2D eigenvalue weighted by atomic mass is 10.2. The highest BCUT2D eigenvalue weighted by molar-refractivity contribution is 4.96. The van der Waals surface area contributed by atoms with E-state index >= 15 is 0 Å². The molecule has 1 aromatic heterocycles. The van der Waals surface area contributed by atoms with E-state index in [-0.39, 0.29) is 6.61 Å². The van der Waals surface area contributed by atoms with Gasteiger partial charge < -0.3 is 10.2 Å². The molecular weight excluding hydrogens is 182 g/mol. The molecule has 1 rings (SSSR count). The van der Waals surface area contributed by atoms with Crippen LogP contribution in [-0.4, -0.2) is 31.8 Å². The van der Waals surface area contributed by atoms with Gasteiger partial charge >= 0.3 is 0 Å². The van der Waals surface area contributed by atoms with E-state index in [1.165, 1.54) is 0 Å². The third-order valence-electron chi connectivity index (χ3n) is 2.08. The van der Waals surface area contributed by atoms with Crippen molar-refractivity contribution >= 4 is 0 Å². The predicted octanol–water partition coefficient (Wildman–Crippen LogP) is 0.494. The van der Waals surface area contributed by atoms with E-state index in [2.05, 4.69) is 10.3 Å². The molecule has 0 spiro atoms. The molecule has 1 unspecified atom stereocenters. The zero-order valence-electron chi connectivity index (χ0n) is 8.43. The smallest absolute Gasteiger partial charge is 0.111 e. The molecular formula is C9H17N3O2. The molecule has 0 aliphatic carbocycles. The van der Waals surface area contributed by atoms with Crippen molar-refractivity contribution in [3.8, 4) is 0 Å². The third kappa shape index (κ3) is 3.08. The van der Waals surface area contributed by atoms with Crippen LogP contribution in [0, 0.1) is 0 Å². The number of hydrogen-bond acceptors (Lipinski definition) is 4. The highest BCUT2D eigenvalue weighted by atomic mass is 16.3. The van der Waals surface area contributed by atoms with Crippen molar-refractivity contribution in [3.05, 3.63) is 11.9 Å². The summed E-state index contributed by atoms with van der Waals surface area (Å²) in [6.07, 6.45) is 3.54. The fraction of sp³-hybridized carbons (Fsp3) is 0.778. The van der Waals surface area contributed by atoms with Gasteiger partial charge in [-0.1, -0.05) is 12.1 Å². The van der Waals surface area contributed by atoms with E-state index in [9.17, 15) is 5.11 Å². The Hall–Kier alpha value is -0.940. The minimum Gasteiger partial charge on any atom is -0.396 e. The second-order valence-electron chi connectivity index (χ2n) is 3.26. The Bertz CT molecular complexity index is 262. The van der Waals surface area contributed by atoms with Gasteiger partial charge in [0.15, 0.2) is 0 Å². The van der Waals surface area contributed by atoms with Gasteiger partial charge in [-0.2, -0.15) is 0 Å². The van der Waals surface area contributed by atoms with Crippen LogP contribution in [0.5, 0.6) is 0 Å². The van der Waals surface area contributed by atoms with E-state index in [4.69, 9.17) is 5.11 Å². The largest absolute Gasteiger partial charge is 0.396 e. The molecule has 5 nitrogen and oxygen atoms in total. The molecule has 0 saturated heterocycles. The first kappa shape index (κ1) is 11.1. The van der Waals surface area contributed by atoms with Crippen molar-refractivity contribution < 1.29 is 10.2 Å². The van der Waals surface area contributed by atoms with Crippen LogP contribution in [0.15, 0.2) is 6.20 Å². The summed E-state index contributed by atoms with van der Waals surface area (Å²) < 4.78 is 1.70. The molecule has 0 fully saturated rings. The van der Waals surface area contributed by atoms with Gasteiger partial charge in [-0.15, -0.1) is 5.10 Å². The maximum atomic E-state index is 9.46. The molecule has 80 valence electrons. The van der Waals surface area contributed by atoms with E-state index in [0.717, 1.165) is 19.4 Å². The number of hydrogen-bond donors (Lipinski definition) is 2. The van der Waals surface area contributed by atoms with Crippen LogP contribution >= 0.6 is 0 Å².